The van der Waals surface area contributed by atoms with Crippen LogP contribution in [0, 0.1) is 11.3 Å². The summed E-state index contributed by atoms with van der Waals surface area (Å²) >= 11 is 0. The summed E-state index contributed by atoms with van der Waals surface area (Å²) < 4.78 is 5.48. The van der Waals surface area contributed by atoms with Crippen molar-refractivity contribution in [1.82, 2.24) is 4.90 Å². The number of likely N-dealkylation sites (tertiary alicyclic amines) is 1. The Labute approximate surface area is 124 Å². The number of carbonyl (C=O) groups excluding carboxylic acids is 1. The normalized spacial score (nSPS) is 17.2. The molecule has 21 heavy (non-hydrogen) atoms. The summed E-state index contributed by atoms with van der Waals surface area (Å²) in [6.07, 6.45) is 1.59. The van der Waals surface area contributed by atoms with Crippen LogP contribution in [0.5, 0.6) is 0 Å². The summed E-state index contributed by atoms with van der Waals surface area (Å²) in [5.41, 5.74) is 0.739. The van der Waals surface area contributed by atoms with E-state index in [-0.39, 0.29) is 18.6 Å². The SMILES string of the molecule is N#CC(C(=O)N1CCC(OCCO)CC1)c1ccccc1. The average molecular weight is 288 g/mol. The number of hydrogen-bond acceptors (Lipinski definition) is 4. The van der Waals surface area contributed by atoms with Crippen LogP contribution in [-0.4, -0.2) is 48.3 Å². The van der Waals surface area contributed by atoms with Gasteiger partial charge in [-0.05, 0) is 18.4 Å². The largest absolute Gasteiger partial charge is 0.394 e. The summed E-state index contributed by atoms with van der Waals surface area (Å²) in [5.74, 6) is -0.870. The molecule has 0 bridgehead atoms. The van der Waals surface area contributed by atoms with Gasteiger partial charge in [-0.3, -0.25) is 4.79 Å². The van der Waals surface area contributed by atoms with Gasteiger partial charge >= 0.3 is 0 Å². The van der Waals surface area contributed by atoms with Gasteiger partial charge in [0.05, 0.1) is 25.4 Å². The first-order valence-electron chi connectivity index (χ1n) is 7.22. The van der Waals surface area contributed by atoms with Gasteiger partial charge in [0.25, 0.3) is 0 Å². The third-order valence-electron chi connectivity index (χ3n) is 3.71. The monoisotopic (exact) mass is 288 g/mol. The third-order valence-corrected chi connectivity index (χ3v) is 3.71. The maximum atomic E-state index is 12.5. The van der Waals surface area contributed by atoms with Crippen molar-refractivity contribution in [2.75, 3.05) is 26.3 Å². The zero-order valence-corrected chi connectivity index (χ0v) is 11.9. The molecule has 1 N–H and O–H groups in total. The minimum Gasteiger partial charge on any atom is -0.394 e. The smallest absolute Gasteiger partial charge is 0.244 e. The van der Waals surface area contributed by atoms with Gasteiger partial charge in [-0.25, -0.2) is 0 Å². The second-order valence-corrected chi connectivity index (χ2v) is 5.09. The molecule has 0 spiro atoms. The molecule has 1 aromatic rings. The van der Waals surface area contributed by atoms with Crippen LogP contribution in [0.3, 0.4) is 0 Å². The van der Waals surface area contributed by atoms with Crippen molar-refractivity contribution in [3.8, 4) is 6.07 Å². The molecule has 0 radical (unpaired) electrons. The Balaban J connectivity index is 1.93. The van der Waals surface area contributed by atoms with Crippen molar-refractivity contribution >= 4 is 5.91 Å². The zero-order valence-electron chi connectivity index (χ0n) is 11.9. The Kier molecular flexibility index (Phi) is 5.73. The van der Waals surface area contributed by atoms with Gasteiger partial charge < -0.3 is 14.7 Å². The van der Waals surface area contributed by atoms with Crippen LogP contribution in [0.1, 0.15) is 24.3 Å². The number of aliphatic hydroxyl groups excluding tert-OH is 1. The first kappa shape index (κ1) is 15.5. The fourth-order valence-electron chi connectivity index (χ4n) is 2.56. The summed E-state index contributed by atoms with van der Waals surface area (Å²) in [7, 11) is 0. The van der Waals surface area contributed by atoms with E-state index >= 15 is 0 Å². The molecule has 2 rings (SSSR count). The summed E-state index contributed by atoms with van der Waals surface area (Å²) in [6, 6.07) is 11.3. The molecular weight excluding hydrogens is 268 g/mol. The molecule has 1 aliphatic heterocycles. The summed E-state index contributed by atoms with van der Waals surface area (Å²) in [6.45, 7) is 1.55. The predicted molar refractivity (Wildman–Crippen MR) is 77.4 cm³/mol. The molecule has 5 nitrogen and oxygen atoms in total. The first-order chi connectivity index (χ1) is 10.3. The second-order valence-electron chi connectivity index (χ2n) is 5.09. The van der Waals surface area contributed by atoms with Crippen molar-refractivity contribution in [2.45, 2.75) is 24.9 Å². The molecule has 112 valence electrons. The number of ether oxygens (including phenoxy) is 1. The number of aliphatic hydroxyl groups is 1. The molecule has 1 saturated heterocycles. The van der Waals surface area contributed by atoms with E-state index in [1.807, 2.05) is 30.3 Å². The van der Waals surface area contributed by atoms with Crippen molar-refractivity contribution in [3.63, 3.8) is 0 Å². The maximum absolute atomic E-state index is 12.5. The lowest BCUT2D eigenvalue weighted by atomic mass is 9.97. The van der Waals surface area contributed by atoms with Gasteiger partial charge in [0.2, 0.25) is 5.91 Å². The lowest BCUT2D eigenvalue weighted by Crippen LogP contribution is -2.43. The minimum atomic E-state index is -0.735. The molecule has 1 unspecified atom stereocenters. The summed E-state index contributed by atoms with van der Waals surface area (Å²) in [5, 5.41) is 18.0. The highest BCUT2D eigenvalue weighted by Crippen LogP contribution is 2.21. The molecular formula is C16H20N2O3. The molecule has 1 heterocycles. The number of carbonyl (C=O) groups is 1. The van der Waals surface area contributed by atoms with E-state index in [9.17, 15) is 10.1 Å². The molecule has 0 aliphatic carbocycles. The molecule has 1 aromatic carbocycles. The number of rotatable bonds is 5. The lowest BCUT2D eigenvalue weighted by Gasteiger charge is -2.33. The Morgan fingerprint density at radius 1 is 1.38 bits per heavy atom. The number of benzene rings is 1. The van der Waals surface area contributed by atoms with Gasteiger partial charge in [-0.1, -0.05) is 30.3 Å². The average Bonchev–Trinajstić information content (AvgIpc) is 2.55. The maximum Gasteiger partial charge on any atom is 0.244 e. The van der Waals surface area contributed by atoms with Crippen LogP contribution < -0.4 is 0 Å². The van der Waals surface area contributed by atoms with E-state index in [0.717, 1.165) is 18.4 Å². The van der Waals surface area contributed by atoms with E-state index in [0.29, 0.717) is 19.7 Å². The molecule has 1 amide bonds. The van der Waals surface area contributed by atoms with Crippen LogP contribution in [0.4, 0.5) is 0 Å². The number of nitrogens with zero attached hydrogens (tertiary/aromatic N) is 2. The van der Waals surface area contributed by atoms with E-state index in [4.69, 9.17) is 9.84 Å². The predicted octanol–water partition coefficient (Wildman–Crippen LogP) is 1.29. The number of piperidine rings is 1. The van der Waals surface area contributed by atoms with Crippen LogP contribution in [0.2, 0.25) is 0 Å². The second kappa shape index (κ2) is 7.77. The summed E-state index contributed by atoms with van der Waals surface area (Å²) in [4.78, 5) is 14.2. The highest BCUT2D eigenvalue weighted by molar-refractivity contribution is 5.86. The standard InChI is InChI=1S/C16H20N2O3/c17-12-15(13-4-2-1-3-5-13)16(20)18-8-6-14(7-9-18)21-11-10-19/h1-5,14-15,19H,6-11H2. The number of nitriles is 1. The van der Waals surface area contributed by atoms with Gasteiger partial charge in [-0.2, -0.15) is 5.26 Å². The van der Waals surface area contributed by atoms with E-state index < -0.39 is 5.92 Å². The molecule has 1 aliphatic rings. The lowest BCUT2D eigenvalue weighted by molar-refractivity contribution is -0.134. The number of hydrogen-bond donors (Lipinski definition) is 1. The van der Waals surface area contributed by atoms with Crippen molar-refractivity contribution in [1.29, 1.82) is 5.26 Å². The molecule has 1 fully saturated rings. The fraction of sp³-hybridized carbons (Fsp3) is 0.500. The van der Waals surface area contributed by atoms with E-state index in [2.05, 4.69) is 6.07 Å². The molecule has 0 saturated carbocycles. The zero-order chi connectivity index (χ0) is 15.1. The molecule has 5 heteroatoms. The molecule has 1 atom stereocenters. The highest BCUT2D eigenvalue weighted by Gasteiger charge is 2.29. The Morgan fingerprint density at radius 3 is 2.62 bits per heavy atom. The Bertz CT molecular complexity index is 490. The van der Waals surface area contributed by atoms with Crippen molar-refractivity contribution in [3.05, 3.63) is 35.9 Å². The Hall–Kier alpha value is -1.90. The Morgan fingerprint density at radius 2 is 2.05 bits per heavy atom. The van der Waals surface area contributed by atoms with Crippen LogP contribution in [0.15, 0.2) is 30.3 Å². The quantitative estimate of drug-likeness (QED) is 0.886. The molecule has 0 aromatic heterocycles. The van der Waals surface area contributed by atoms with Gasteiger partial charge in [0.1, 0.15) is 5.92 Å². The van der Waals surface area contributed by atoms with Crippen LogP contribution in [0.25, 0.3) is 0 Å². The van der Waals surface area contributed by atoms with Gasteiger partial charge in [-0.15, -0.1) is 0 Å². The fourth-order valence-corrected chi connectivity index (χ4v) is 2.56. The van der Waals surface area contributed by atoms with Gasteiger partial charge in [0.15, 0.2) is 0 Å². The minimum absolute atomic E-state index is 0.0175. The van der Waals surface area contributed by atoms with Crippen molar-refractivity contribution in [2.24, 2.45) is 0 Å². The number of amides is 1. The van der Waals surface area contributed by atoms with Gasteiger partial charge in [0, 0.05) is 13.1 Å². The van der Waals surface area contributed by atoms with Crippen molar-refractivity contribution < 1.29 is 14.6 Å². The van der Waals surface area contributed by atoms with E-state index in [1.54, 1.807) is 4.90 Å². The first-order valence-corrected chi connectivity index (χ1v) is 7.22. The topological polar surface area (TPSA) is 73.6 Å². The van der Waals surface area contributed by atoms with E-state index in [1.165, 1.54) is 0 Å². The van der Waals surface area contributed by atoms with Crippen LogP contribution in [-0.2, 0) is 9.53 Å². The highest BCUT2D eigenvalue weighted by atomic mass is 16.5. The van der Waals surface area contributed by atoms with Crippen LogP contribution >= 0.6 is 0 Å². The third kappa shape index (κ3) is 4.03.